The first kappa shape index (κ1) is 15.8. The number of cyclic esters (lactones) is 1. The van der Waals surface area contributed by atoms with Crippen LogP contribution in [-0.4, -0.2) is 11.1 Å². The van der Waals surface area contributed by atoms with Crippen LogP contribution in [0.5, 0.6) is 0 Å². The number of aryl methyl sites for hydroxylation is 1. The van der Waals surface area contributed by atoms with Crippen LogP contribution in [0, 0.1) is 5.92 Å². The molecule has 0 aromatic heterocycles. The molecule has 0 amide bonds. The minimum atomic E-state index is -0.521. The Hall–Kier alpha value is -2.07. The number of halogens is 1. The molecule has 23 heavy (non-hydrogen) atoms. The zero-order valence-electron chi connectivity index (χ0n) is 12.5. The van der Waals surface area contributed by atoms with Gasteiger partial charge in [0.1, 0.15) is 16.3 Å². The molecule has 1 aliphatic heterocycles. The van der Waals surface area contributed by atoms with Crippen molar-refractivity contribution in [3.05, 3.63) is 82.0 Å². The quantitative estimate of drug-likeness (QED) is 0.791. The molecule has 0 bridgehead atoms. The van der Waals surface area contributed by atoms with E-state index in [1.807, 2.05) is 48.5 Å². The summed E-state index contributed by atoms with van der Waals surface area (Å²) in [6.07, 6.45) is 1.03. The zero-order valence-corrected chi connectivity index (χ0v) is 14.1. The third kappa shape index (κ3) is 3.48. The monoisotopic (exact) mass is 372 g/mol. The molecule has 0 aliphatic carbocycles. The Bertz CT molecular complexity index is 710. The summed E-state index contributed by atoms with van der Waals surface area (Å²) in [5, 5.41) is 10.4. The van der Waals surface area contributed by atoms with Crippen LogP contribution in [-0.2, 0) is 16.0 Å². The van der Waals surface area contributed by atoms with Crippen LogP contribution < -0.4 is 0 Å². The minimum absolute atomic E-state index is 0.0750. The number of aliphatic hydroxyl groups is 1. The van der Waals surface area contributed by atoms with E-state index in [0.717, 1.165) is 12.0 Å². The Morgan fingerprint density at radius 3 is 2.26 bits per heavy atom. The van der Waals surface area contributed by atoms with Gasteiger partial charge < -0.3 is 9.84 Å². The van der Waals surface area contributed by atoms with Gasteiger partial charge in [0.15, 0.2) is 0 Å². The van der Waals surface area contributed by atoms with E-state index < -0.39 is 12.1 Å². The van der Waals surface area contributed by atoms with Crippen LogP contribution in [0.4, 0.5) is 0 Å². The summed E-state index contributed by atoms with van der Waals surface area (Å²) in [4.78, 5) is 11.9. The van der Waals surface area contributed by atoms with Gasteiger partial charge in [-0.3, -0.25) is 0 Å². The first-order valence-corrected chi connectivity index (χ1v) is 8.34. The lowest BCUT2D eigenvalue weighted by Crippen LogP contribution is -2.28. The number of carbonyl (C=O) groups excluding carboxylic acids is 1. The molecule has 0 spiro atoms. The van der Waals surface area contributed by atoms with E-state index in [0.29, 0.717) is 6.42 Å². The van der Waals surface area contributed by atoms with E-state index in [1.54, 1.807) is 0 Å². The van der Waals surface area contributed by atoms with E-state index in [9.17, 15) is 9.90 Å². The predicted octanol–water partition coefficient (Wildman–Crippen LogP) is 4.70. The fourth-order valence-corrected chi connectivity index (χ4v) is 3.25. The number of carbonyl (C=O) groups is 1. The van der Waals surface area contributed by atoms with Crippen molar-refractivity contribution in [2.24, 2.45) is 5.92 Å². The maximum absolute atomic E-state index is 11.9. The van der Waals surface area contributed by atoms with Crippen LogP contribution in [0.15, 0.2) is 70.9 Å². The van der Waals surface area contributed by atoms with Crippen LogP contribution in [0.1, 0.15) is 23.7 Å². The molecule has 1 N–H and O–H groups in total. The Morgan fingerprint density at radius 2 is 1.61 bits per heavy atom. The fourth-order valence-electron chi connectivity index (χ4n) is 2.86. The van der Waals surface area contributed by atoms with E-state index >= 15 is 0 Å². The van der Waals surface area contributed by atoms with Gasteiger partial charge in [0.05, 0.1) is 5.92 Å². The van der Waals surface area contributed by atoms with Crippen molar-refractivity contribution in [1.29, 1.82) is 0 Å². The maximum atomic E-state index is 11.9. The SMILES string of the molecule is O=C1OC(c2ccccc2)C(CCc2ccccc2)C(O)=C1Br. The summed E-state index contributed by atoms with van der Waals surface area (Å²) in [6, 6.07) is 19.6. The molecule has 118 valence electrons. The summed E-state index contributed by atoms with van der Waals surface area (Å²) in [7, 11) is 0. The lowest BCUT2D eigenvalue weighted by molar-refractivity contribution is -0.149. The Balaban J connectivity index is 1.87. The third-order valence-corrected chi connectivity index (χ3v) is 4.80. The van der Waals surface area contributed by atoms with Crippen molar-refractivity contribution in [3.63, 3.8) is 0 Å². The molecule has 2 aromatic carbocycles. The zero-order chi connectivity index (χ0) is 16.2. The van der Waals surface area contributed by atoms with Gasteiger partial charge in [0, 0.05) is 0 Å². The lowest BCUT2D eigenvalue weighted by Gasteiger charge is -2.31. The number of hydrogen-bond donors (Lipinski definition) is 1. The standard InChI is InChI=1S/C19H17BrO3/c20-16-17(21)15(12-11-13-7-3-1-4-8-13)18(23-19(16)22)14-9-5-2-6-10-14/h1-10,15,18,21H,11-12H2. The molecule has 2 aromatic rings. The van der Waals surface area contributed by atoms with Crippen molar-refractivity contribution >= 4 is 21.9 Å². The Labute approximate surface area is 143 Å². The molecule has 4 heteroatoms. The highest BCUT2D eigenvalue weighted by Gasteiger charge is 2.37. The topological polar surface area (TPSA) is 46.5 Å². The van der Waals surface area contributed by atoms with Crippen molar-refractivity contribution in [2.75, 3.05) is 0 Å². The van der Waals surface area contributed by atoms with Gasteiger partial charge in [0.25, 0.3) is 0 Å². The molecule has 2 atom stereocenters. The summed E-state index contributed by atoms with van der Waals surface area (Å²) >= 11 is 3.14. The largest absolute Gasteiger partial charge is 0.510 e. The summed E-state index contributed by atoms with van der Waals surface area (Å²) < 4.78 is 5.68. The van der Waals surface area contributed by atoms with Crippen LogP contribution in [0.2, 0.25) is 0 Å². The van der Waals surface area contributed by atoms with Crippen molar-refractivity contribution in [2.45, 2.75) is 18.9 Å². The average molecular weight is 373 g/mol. The molecule has 3 rings (SSSR count). The highest BCUT2D eigenvalue weighted by Crippen LogP contribution is 2.40. The van der Waals surface area contributed by atoms with Gasteiger partial charge in [-0.1, -0.05) is 60.7 Å². The Morgan fingerprint density at radius 1 is 1.00 bits per heavy atom. The van der Waals surface area contributed by atoms with Gasteiger partial charge in [-0.2, -0.15) is 0 Å². The molecular formula is C19H17BrO3. The molecule has 2 unspecified atom stereocenters. The molecule has 1 heterocycles. The fraction of sp³-hybridized carbons (Fsp3) is 0.211. The van der Waals surface area contributed by atoms with Crippen molar-refractivity contribution in [1.82, 2.24) is 0 Å². The smallest absolute Gasteiger partial charge is 0.349 e. The van der Waals surface area contributed by atoms with Crippen molar-refractivity contribution < 1.29 is 14.6 Å². The van der Waals surface area contributed by atoms with Crippen LogP contribution in [0.3, 0.4) is 0 Å². The number of hydrogen-bond acceptors (Lipinski definition) is 3. The molecule has 0 fully saturated rings. The van der Waals surface area contributed by atoms with Gasteiger partial charge in [-0.05, 0) is 39.9 Å². The number of rotatable bonds is 4. The molecular weight excluding hydrogens is 356 g/mol. The summed E-state index contributed by atoms with van der Waals surface area (Å²) in [5.74, 6) is -0.706. The van der Waals surface area contributed by atoms with E-state index in [4.69, 9.17) is 4.74 Å². The molecule has 0 radical (unpaired) electrons. The number of aliphatic hydroxyl groups excluding tert-OH is 1. The second-order valence-electron chi connectivity index (χ2n) is 5.57. The average Bonchev–Trinajstić information content (AvgIpc) is 2.60. The summed E-state index contributed by atoms with van der Waals surface area (Å²) in [5.41, 5.74) is 2.09. The predicted molar refractivity (Wildman–Crippen MR) is 92.1 cm³/mol. The second-order valence-corrected chi connectivity index (χ2v) is 6.36. The summed E-state index contributed by atoms with van der Waals surface area (Å²) in [6.45, 7) is 0. The Kier molecular flexibility index (Phi) is 4.82. The van der Waals surface area contributed by atoms with Gasteiger partial charge >= 0.3 is 5.97 Å². The molecule has 0 saturated carbocycles. The lowest BCUT2D eigenvalue weighted by atomic mass is 9.87. The third-order valence-electron chi connectivity index (χ3n) is 4.07. The first-order chi connectivity index (χ1) is 11.2. The number of ether oxygens (including phenoxy) is 1. The van der Waals surface area contributed by atoms with Gasteiger partial charge in [0.2, 0.25) is 0 Å². The number of esters is 1. The normalized spacial score (nSPS) is 21.2. The maximum Gasteiger partial charge on any atom is 0.349 e. The van der Waals surface area contributed by atoms with E-state index in [-0.39, 0.29) is 16.2 Å². The van der Waals surface area contributed by atoms with Crippen molar-refractivity contribution in [3.8, 4) is 0 Å². The number of benzene rings is 2. The van der Waals surface area contributed by atoms with E-state index in [1.165, 1.54) is 5.56 Å². The first-order valence-electron chi connectivity index (χ1n) is 7.55. The minimum Gasteiger partial charge on any atom is -0.510 e. The highest BCUT2D eigenvalue weighted by molar-refractivity contribution is 9.12. The molecule has 0 saturated heterocycles. The second kappa shape index (κ2) is 7.01. The van der Waals surface area contributed by atoms with E-state index in [2.05, 4.69) is 28.1 Å². The van der Waals surface area contributed by atoms with Crippen LogP contribution in [0.25, 0.3) is 0 Å². The molecule has 3 nitrogen and oxygen atoms in total. The van der Waals surface area contributed by atoms with Gasteiger partial charge in [-0.15, -0.1) is 0 Å². The van der Waals surface area contributed by atoms with Crippen LogP contribution >= 0.6 is 15.9 Å². The van der Waals surface area contributed by atoms with Gasteiger partial charge in [-0.25, -0.2) is 4.79 Å². The molecule has 1 aliphatic rings. The highest BCUT2D eigenvalue weighted by atomic mass is 79.9.